The van der Waals surface area contributed by atoms with Crippen LogP contribution in [0.15, 0.2) is 58.3 Å². The van der Waals surface area contributed by atoms with Crippen LogP contribution in [0, 0.1) is 0 Å². The van der Waals surface area contributed by atoms with E-state index in [0.29, 0.717) is 11.1 Å². The average Bonchev–Trinajstić information content (AvgIpc) is 2.50. The zero-order chi connectivity index (χ0) is 14.5. The largest absolute Gasteiger partial charge is 0.245 e. The molecule has 2 aromatic rings. The number of benzene rings is 2. The van der Waals surface area contributed by atoms with Crippen LogP contribution in [0.5, 0.6) is 0 Å². The zero-order valence-corrected chi connectivity index (χ0v) is 11.7. The maximum atomic E-state index is 12.3. The summed E-state index contributed by atoms with van der Waals surface area (Å²) in [7, 11) is -3.24. The fourth-order valence-corrected chi connectivity index (χ4v) is 5.47. The van der Waals surface area contributed by atoms with Crippen LogP contribution >= 0.6 is 0 Å². The van der Waals surface area contributed by atoms with Crippen molar-refractivity contribution in [1.29, 1.82) is 0 Å². The highest BCUT2D eigenvalue weighted by Crippen LogP contribution is 2.38. The van der Waals surface area contributed by atoms with Crippen molar-refractivity contribution in [2.75, 3.05) is 0 Å². The molecule has 0 spiro atoms. The van der Waals surface area contributed by atoms with Gasteiger partial charge in [0.15, 0.2) is 0 Å². The number of rotatable bonds is 0. The monoisotopic (exact) mass is 305 g/mol. The third-order valence-corrected chi connectivity index (χ3v) is 7.04. The molecule has 0 atom stereocenters. The molecule has 1 heterocycles. The molecule has 0 aliphatic carbocycles. The average molecular weight is 305 g/mol. The summed E-state index contributed by atoms with van der Waals surface area (Å²) in [5.74, 6) is 0. The van der Waals surface area contributed by atoms with Gasteiger partial charge in [0, 0.05) is 11.1 Å². The fourth-order valence-electron chi connectivity index (χ4n) is 2.15. The highest BCUT2D eigenvalue weighted by Gasteiger charge is 2.38. The van der Waals surface area contributed by atoms with Gasteiger partial charge in [-0.2, -0.15) is 0 Å². The van der Waals surface area contributed by atoms with Gasteiger partial charge >= 0.3 is 0 Å². The van der Waals surface area contributed by atoms with E-state index in [2.05, 4.69) is 0 Å². The number of sulfonamides is 2. The Labute approximate surface area is 118 Å². The van der Waals surface area contributed by atoms with E-state index in [1.807, 2.05) is 0 Å². The van der Waals surface area contributed by atoms with E-state index in [0.717, 1.165) is 0 Å². The number of nitrogens with zero attached hydrogens (tertiary/aromatic N) is 1. The first-order valence-corrected chi connectivity index (χ1v) is 8.48. The molecule has 1 aliphatic rings. The Kier molecular flexibility index (Phi) is 2.79. The van der Waals surface area contributed by atoms with Crippen molar-refractivity contribution in [1.82, 2.24) is 3.62 Å². The van der Waals surface area contributed by atoms with Crippen LogP contribution in [0.2, 0.25) is 0 Å². The lowest BCUT2D eigenvalue weighted by Crippen LogP contribution is -2.33. The lowest BCUT2D eigenvalue weighted by atomic mass is 10.1. The van der Waals surface area contributed by atoms with Crippen LogP contribution in [0.4, 0.5) is 0 Å². The molecular formula is C12H8BNO4S2. The molecule has 8 heteroatoms. The minimum atomic E-state index is -4.31. The van der Waals surface area contributed by atoms with Gasteiger partial charge in [0.05, 0.1) is 9.79 Å². The van der Waals surface area contributed by atoms with Crippen molar-refractivity contribution in [2.45, 2.75) is 9.79 Å². The molecular weight excluding hydrogens is 297 g/mol. The quantitative estimate of drug-likeness (QED) is 0.684. The molecule has 20 heavy (non-hydrogen) atoms. The molecule has 0 unspecified atom stereocenters. The van der Waals surface area contributed by atoms with E-state index >= 15 is 0 Å². The van der Waals surface area contributed by atoms with Gasteiger partial charge in [0.1, 0.15) is 0 Å². The Balaban J connectivity index is 2.57. The van der Waals surface area contributed by atoms with E-state index in [-0.39, 0.29) is 13.4 Å². The molecule has 1 aliphatic heterocycles. The first-order chi connectivity index (χ1) is 9.37. The Morgan fingerprint density at radius 3 is 1.45 bits per heavy atom. The zero-order valence-electron chi connectivity index (χ0n) is 10.1. The van der Waals surface area contributed by atoms with E-state index in [4.69, 9.17) is 7.98 Å². The first-order valence-electron chi connectivity index (χ1n) is 5.60. The molecule has 0 saturated heterocycles. The van der Waals surface area contributed by atoms with Crippen LogP contribution in [0.1, 0.15) is 0 Å². The van der Waals surface area contributed by atoms with Gasteiger partial charge in [0.2, 0.25) is 28.0 Å². The Bertz CT molecular complexity index is 831. The van der Waals surface area contributed by atoms with Crippen molar-refractivity contribution in [3.63, 3.8) is 0 Å². The minimum Gasteiger partial charge on any atom is -0.207 e. The second-order valence-electron chi connectivity index (χ2n) is 4.23. The molecule has 0 fully saturated rings. The maximum Gasteiger partial charge on any atom is 0.245 e. The maximum absolute atomic E-state index is 12.3. The summed E-state index contributed by atoms with van der Waals surface area (Å²) >= 11 is 0. The van der Waals surface area contributed by atoms with Gasteiger partial charge in [-0.05, 0) is 12.1 Å². The molecule has 0 bridgehead atoms. The lowest BCUT2D eigenvalue weighted by Gasteiger charge is -2.15. The standard InChI is InChI=1S/C12H8BNO4S2/c13-14-19(15,16)11-7-3-1-5-9(11)10-6-2-4-8-12(10)20(14,17)18/h1-8H. The summed E-state index contributed by atoms with van der Waals surface area (Å²) in [5.41, 5.74) is 0.638. The highest BCUT2D eigenvalue weighted by molar-refractivity contribution is 8.05. The highest BCUT2D eigenvalue weighted by atomic mass is 32.3. The topological polar surface area (TPSA) is 71.5 Å². The third-order valence-electron chi connectivity index (χ3n) is 3.09. The summed E-state index contributed by atoms with van der Waals surface area (Å²) in [6, 6.07) is 12.1. The minimum absolute atomic E-state index is 0.0648. The van der Waals surface area contributed by atoms with E-state index in [9.17, 15) is 16.8 Å². The smallest absolute Gasteiger partial charge is 0.207 e. The molecule has 0 N–H and O–H groups in total. The van der Waals surface area contributed by atoms with Crippen LogP contribution in [-0.4, -0.2) is 28.4 Å². The molecule has 0 saturated carbocycles. The molecule has 100 valence electrons. The second-order valence-corrected chi connectivity index (χ2v) is 8.03. The molecule has 3 rings (SSSR count). The predicted octanol–water partition coefficient (Wildman–Crippen LogP) is 1.13. The number of hydrogen-bond acceptors (Lipinski definition) is 4. The fraction of sp³-hybridized carbons (Fsp3) is 0. The first kappa shape index (κ1) is 13.4. The molecule has 0 amide bonds. The van der Waals surface area contributed by atoms with Gasteiger partial charge in [0.25, 0.3) is 0 Å². The number of fused-ring (bicyclic) bond motifs is 3. The molecule has 0 aromatic heterocycles. The summed E-state index contributed by atoms with van der Waals surface area (Å²) < 4.78 is 49.3. The normalized spacial score (nSPS) is 19.6. The van der Waals surface area contributed by atoms with Gasteiger partial charge in [-0.25, -0.2) is 16.8 Å². The van der Waals surface area contributed by atoms with Gasteiger partial charge in [-0.3, -0.25) is 0 Å². The SMILES string of the molecule is [B]N1S(=O)(=O)c2ccccc2-c2ccccc2S1(=O)=O. The van der Waals surface area contributed by atoms with Crippen LogP contribution in [-0.2, 0) is 20.0 Å². The van der Waals surface area contributed by atoms with Gasteiger partial charge in [-0.1, -0.05) is 36.4 Å². The van der Waals surface area contributed by atoms with E-state index in [1.165, 1.54) is 24.3 Å². The summed E-state index contributed by atoms with van der Waals surface area (Å²) in [6.45, 7) is 0. The Morgan fingerprint density at radius 1 is 0.700 bits per heavy atom. The van der Waals surface area contributed by atoms with Crippen LogP contribution < -0.4 is 0 Å². The molecule has 2 aromatic carbocycles. The van der Waals surface area contributed by atoms with Crippen molar-refractivity contribution in [3.8, 4) is 11.1 Å². The second kappa shape index (κ2) is 4.18. The Morgan fingerprint density at radius 2 is 1.05 bits per heavy atom. The molecule has 5 nitrogen and oxygen atoms in total. The lowest BCUT2D eigenvalue weighted by molar-refractivity contribution is 0.554. The van der Waals surface area contributed by atoms with Crippen molar-refractivity contribution in [3.05, 3.63) is 48.5 Å². The van der Waals surface area contributed by atoms with Gasteiger partial charge in [-0.15, -0.1) is 3.62 Å². The summed E-state index contributed by atoms with van der Waals surface area (Å²) in [6.07, 6.45) is 0. The van der Waals surface area contributed by atoms with Crippen molar-refractivity contribution in [2.24, 2.45) is 0 Å². The van der Waals surface area contributed by atoms with E-state index < -0.39 is 20.0 Å². The van der Waals surface area contributed by atoms with Crippen molar-refractivity contribution >= 4 is 28.0 Å². The summed E-state index contributed by atoms with van der Waals surface area (Å²) in [4.78, 5) is -0.257. The number of hydrogen-bond donors (Lipinski definition) is 0. The van der Waals surface area contributed by atoms with Crippen LogP contribution in [0.3, 0.4) is 0 Å². The Hall–Kier alpha value is -1.64. The summed E-state index contributed by atoms with van der Waals surface area (Å²) in [5, 5.41) is 0. The van der Waals surface area contributed by atoms with Crippen LogP contribution in [0.25, 0.3) is 11.1 Å². The predicted molar refractivity (Wildman–Crippen MR) is 73.8 cm³/mol. The third kappa shape index (κ3) is 1.65. The molecule has 2 radical (unpaired) electrons. The van der Waals surface area contributed by atoms with E-state index in [1.54, 1.807) is 24.3 Å². The van der Waals surface area contributed by atoms with Crippen molar-refractivity contribution < 1.29 is 16.8 Å². The van der Waals surface area contributed by atoms with Gasteiger partial charge < -0.3 is 0 Å².